The zero-order valence-electron chi connectivity index (χ0n) is 15.1. The van der Waals surface area contributed by atoms with Crippen molar-refractivity contribution in [3.63, 3.8) is 0 Å². The highest BCUT2D eigenvalue weighted by Crippen LogP contribution is 2.38. The van der Waals surface area contributed by atoms with E-state index in [-0.39, 0.29) is 23.2 Å². The second kappa shape index (κ2) is 6.66. The first-order valence-electron chi connectivity index (χ1n) is 8.44. The molecule has 2 heterocycles. The molecule has 1 atom stereocenters. The molecule has 0 spiro atoms. The van der Waals surface area contributed by atoms with Crippen LogP contribution in [0.15, 0.2) is 40.3 Å². The van der Waals surface area contributed by atoms with Gasteiger partial charge in [-0.3, -0.25) is 0 Å². The van der Waals surface area contributed by atoms with Crippen LogP contribution in [0.4, 0.5) is 0 Å². The maximum absolute atomic E-state index is 10.1. The van der Waals surface area contributed by atoms with Crippen LogP contribution in [-0.2, 0) is 6.42 Å². The third kappa shape index (κ3) is 3.04. The lowest BCUT2D eigenvalue weighted by Gasteiger charge is -2.28. The number of phenolic OH excluding ortho intramolecular Hbond substituents is 1. The van der Waals surface area contributed by atoms with Crippen molar-refractivity contribution in [3.05, 3.63) is 47.0 Å². The smallest absolute Gasteiger partial charge is 0.207 e. The third-order valence-electron chi connectivity index (χ3n) is 4.62. The Bertz CT molecular complexity index is 988. The fourth-order valence-electron chi connectivity index (χ4n) is 3.22. The summed E-state index contributed by atoms with van der Waals surface area (Å²) in [6.45, 7) is 2.05. The zero-order valence-corrected chi connectivity index (χ0v) is 16.0. The Morgan fingerprint density at radius 3 is 2.48 bits per heavy atom. The van der Waals surface area contributed by atoms with Crippen molar-refractivity contribution in [1.82, 2.24) is 0 Å². The van der Waals surface area contributed by atoms with Gasteiger partial charge in [-0.25, -0.2) is 4.99 Å². The molecule has 0 aliphatic carbocycles. The fourth-order valence-corrected chi connectivity index (χ4v) is 3.49. The van der Waals surface area contributed by atoms with E-state index < -0.39 is 0 Å². The molecule has 138 valence electrons. The molecule has 0 aromatic heterocycles. The SMILES string of the molecule is COc1cc(C2=NC(=S)C3Cc4cc(C)ccc4OC3=N2)cc(OC)c1O. The van der Waals surface area contributed by atoms with E-state index in [1.54, 1.807) is 12.1 Å². The number of aryl methyl sites for hydroxylation is 1. The highest BCUT2D eigenvalue weighted by atomic mass is 32.1. The molecule has 2 aromatic carbocycles. The average molecular weight is 382 g/mol. The molecule has 2 aromatic rings. The highest BCUT2D eigenvalue weighted by molar-refractivity contribution is 7.80. The molecule has 0 radical (unpaired) electrons. The number of phenols is 1. The molecule has 4 rings (SSSR count). The summed E-state index contributed by atoms with van der Waals surface area (Å²) in [5.74, 6) is 2.04. The first-order chi connectivity index (χ1) is 13.0. The number of hydrogen-bond donors (Lipinski definition) is 1. The molecule has 0 bridgehead atoms. The lowest BCUT2D eigenvalue weighted by atomic mass is 9.93. The van der Waals surface area contributed by atoms with Gasteiger partial charge in [0.25, 0.3) is 0 Å². The summed E-state index contributed by atoms with van der Waals surface area (Å²) in [6.07, 6.45) is 0.716. The van der Waals surface area contributed by atoms with Gasteiger partial charge in [-0.1, -0.05) is 29.9 Å². The topological polar surface area (TPSA) is 72.6 Å². The molecule has 0 amide bonds. The number of aromatic hydroxyl groups is 1. The van der Waals surface area contributed by atoms with Gasteiger partial charge < -0.3 is 19.3 Å². The van der Waals surface area contributed by atoms with Crippen molar-refractivity contribution >= 4 is 28.9 Å². The Labute approximate surface area is 162 Å². The highest BCUT2D eigenvalue weighted by Gasteiger charge is 2.33. The van der Waals surface area contributed by atoms with Gasteiger partial charge >= 0.3 is 0 Å². The third-order valence-corrected chi connectivity index (χ3v) is 5.00. The van der Waals surface area contributed by atoms with Crippen LogP contribution in [0.2, 0.25) is 0 Å². The summed E-state index contributed by atoms with van der Waals surface area (Å²) >= 11 is 5.53. The van der Waals surface area contributed by atoms with Crippen LogP contribution in [0.25, 0.3) is 0 Å². The number of methoxy groups -OCH3 is 2. The second-order valence-corrected chi connectivity index (χ2v) is 6.84. The predicted molar refractivity (Wildman–Crippen MR) is 107 cm³/mol. The van der Waals surface area contributed by atoms with Crippen LogP contribution in [-0.4, -0.2) is 36.0 Å². The fraction of sp³-hybridized carbons (Fsp3) is 0.250. The van der Waals surface area contributed by atoms with Crippen LogP contribution >= 0.6 is 12.2 Å². The molecule has 6 nitrogen and oxygen atoms in total. The van der Waals surface area contributed by atoms with Crippen LogP contribution in [0.1, 0.15) is 16.7 Å². The summed E-state index contributed by atoms with van der Waals surface area (Å²) in [7, 11) is 2.94. The average Bonchev–Trinajstić information content (AvgIpc) is 2.67. The molecule has 1 N–H and O–H groups in total. The Balaban J connectivity index is 1.75. The Hall–Kier alpha value is -2.93. The molecule has 0 saturated heterocycles. The maximum Gasteiger partial charge on any atom is 0.207 e. The number of amidine groups is 1. The molecule has 0 fully saturated rings. The van der Waals surface area contributed by atoms with E-state index in [1.807, 2.05) is 19.1 Å². The van der Waals surface area contributed by atoms with Gasteiger partial charge in [0.15, 0.2) is 17.3 Å². The molecular formula is C20H18N2O4S. The number of nitrogens with zero attached hydrogens (tertiary/aromatic N) is 2. The number of ether oxygens (including phenoxy) is 3. The first kappa shape index (κ1) is 17.5. The minimum absolute atomic E-state index is 0.0773. The van der Waals surface area contributed by atoms with Crippen LogP contribution in [0.3, 0.4) is 0 Å². The van der Waals surface area contributed by atoms with Gasteiger partial charge in [0.2, 0.25) is 11.6 Å². The molecule has 2 aliphatic rings. The summed E-state index contributed by atoms with van der Waals surface area (Å²) < 4.78 is 16.4. The summed E-state index contributed by atoms with van der Waals surface area (Å²) in [5.41, 5.74) is 2.90. The predicted octanol–water partition coefficient (Wildman–Crippen LogP) is 3.46. The molecule has 1 unspecified atom stereocenters. The number of hydrogen-bond acceptors (Lipinski definition) is 6. The normalized spacial score (nSPS) is 17.9. The van der Waals surface area contributed by atoms with E-state index in [4.69, 9.17) is 26.4 Å². The van der Waals surface area contributed by atoms with Gasteiger partial charge in [-0.15, -0.1) is 0 Å². The van der Waals surface area contributed by atoms with Gasteiger partial charge in [-0.2, -0.15) is 4.99 Å². The monoisotopic (exact) mass is 382 g/mol. The van der Waals surface area contributed by atoms with E-state index in [9.17, 15) is 5.11 Å². The Kier molecular flexibility index (Phi) is 4.31. The lowest BCUT2D eigenvalue weighted by molar-refractivity contribution is 0.340. The van der Waals surface area contributed by atoms with E-state index in [0.717, 1.165) is 11.3 Å². The standard InChI is InChI=1S/C20H18N2O4S/c1-10-4-5-14-11(6-10)7-13-19(26-14)21-18(22-20(13)27)12-8-15(24-2)17(23)16(9-12)25-3/h4-6,8-9,13,23H,7H2,1-3H3. The largest absolute Gasteiger partial charge is 0.502 e. The number of rotatable bonds is 3. The first-order valence-corrected chi connectivity index (χ1v) is 8.85. The van der Waals surface area contributed by atoms with Crippen molar-refractivity contribution in [1.29, 1.82) is 0 Å². The minimum atomic E-state index is -0.154. The van der Waals surface area contributed by atoms with Crippen LogP contribution in [0, 0.1) is 12.8 Å². The van der Waals surface area contributed by atoms with E-state index in [0.29, 0.717) is 28.7 Å². The molecular weight excluding hydrogens is 364 g/mol. The maximum atomic E-state index is 10.1. The molecule has 27 heavy (non-hydrogen) atoms. The Morgan fingerprint density at radius 1 is 1.11 bits per heavy atom. The minimum Gasteiger partial charge on any atom is -0.502 e. The molecule has 0 saturated carbocycles. The van der Waals surface area contributed by atoms with Crippen LogP contribution < -0.4 is 14.2 Å². The van der Waals surface area contributed by atoms with E-state index >= 15 is 0 Å². The molecule has 7 heteroatoms. The van der Waals surface area contributed by atoms with Crippen molar-refractivity contribution in [2.75, 3.05) is 14.2 Å². The number of aliphatic imine (C=N–C) groups is 2. The van der Waals surface area contributed by atoms with Crippen molar-refractivity contribution in [3.8, 4) is 23.0 Å². The van der Waals surface area contributed by atoms with Gasteiger partial charge in [0.05, 0.1) is 20.1 Å². The zero-order chi connectivity index (χ0) is 19.1. The van der Waals surface area contributed by atoms with Gasteiger partial charge in [-0.05, 0) is 37.1 Å². The van der Waals surface area contributed by atoms with Crippen LogP contribution in [0.5, 0.6) is 23.0 Å². The quantitative estimate of drug-likeness (QED) is 0.823. The number of fused-ring (bicyclic) bond motifs is 2. The summed E-state index contributed by atoms with van der Waals surface area (Å²) in [4.78, 5) is 9.61. The second-order valence-electron chi connectivity index (χ2n) is 6.42. The van der Waals surface area contributed by atoms with Crippen molar-refractivity contribution < 1.29 is 19.3 Å². The van der Waals surface area contributed by atoms with Crippen molar-refractivity contribution in [2.45, 2.75) is 13.3 Å². The Morgan fingerprint density at radius 2 is 1.81 bits per heavy atom. The van der Waals surface area contributed by atoms with E-state index in [2.05, 4.69) is 16.1 Å². The summed E-state index contributed by atoms with van der Waals surface area (Å²) in [5, 5.41) is 10.1. The van der Waals surface area contributed by atoms with Gasteiger partial charge in [0, 0.05) is 5.56 Å². The molecule has 2 aliphatic heterocycles. The number of benzene rings is 2. The van der Waals surface area contributed by atoms with Crippen molar-refractivity contribution in [2.24, 2.45) is 15.9 Å². The summed E-state index contributed by atoms with van der Waals surface area (Å²) in [6, 6.07) is 9.34. The lowest BCUT2D eigenvalue weighted by Crippen LogP contribution is -2.36. The number of thiocarbonyl (C=S) groups is 1. The van der Waals surface area contributed by atoms with Gasteiger partial charge in [0.1, 0.15) is 10.7 Å². The van der Waals surface area contributed by atoms with E-state index in [1.165, 1.54) is 19.8 Å².